The molecule has 1 aromatic carbocycles. The molecule has 0 radical (unpaired) electrons. The van der Waals surface area contributed by atoms with Gasteiger partial charge in [0.25, 0.3) is 5.91 Å². The van der Waals surface area contributed by atoms with Gasteiger partial charge in [-0.3, -0.25) is 9.89 Å². The largest absolute Gasteiger partial charge is 0.382 e. The standard InChI is InChI=1S/C12H14N4O/c1-7-3-4-8(2)9(5-7)14-12(17)10-6-11(13)16-15-10/h3-6H,1-2H3,(H,14,17)(H3,13,15,16). The molecule has 0 unspecified atom stereocenters. The Morgan fingerprint density at radius 2 is 2.12 bits per heavy atom. The molecular weight excluding hydrogens is 216 g/mol. The maximum atomic E-state index is 11.9. The Hall–Kier alpha value is -2.30. The lowest BCUT2D eigenvalue weighted by Crippen LogP contribution is -2.13. The topological polar surface area (TPSA) is 83.8 Å². The lowest BCUT2D eigenvalue weighted by Gasteiger charge is -2.08. The van der Waals surface area contributed by atoms with E-state index in [1.54, 1.807) is 0 Å². The number of carbonyl (C=O) groups excluding carboxylic acids is 1. The van der Waals surface area contributed by atoms with E-state index in [1.807, 2.05) is 32.0 Å². The van der Waals surface area contributed by atoms with E-state index in [1.165, 1.54) is 6.07 Å². The van der Waals surface area contributed by atoms with Crippen LogP contribution in [0, 0.1) is 13.8 Å². The van der Waals surface area contributed by atoms with Gasteiger partial charge in [-0.15, -0.1) is 0 Å². The zero-order valence-corrected chi connectivity index (χ0v) is 9.74. The number of carbonyl (C=O) groups is 1. The normalized spacial score (nSPS) is 10.2. The smallest absolute Gasteiger partial charge is 0.273 e. The van der Waals surface area contributed by atoms with Crippen molar-refractivity contribution in [2.45, 2.75) is 13.8 Å². The quantitative estimate of drug-likeness (QED) is 0.736. The Bertz CT molecular complexity index is 559. The van der Waals surface area contributed by atoms with Crippen molar-refractivity contribution in [1.29, 1.82) is 0 Å². The van der Waals surface area contributed by atoms with Crippen molar-refractivity contribution in [1.82, 2.24) is 10.2 Å². The summed E-state index contributed by atoms with van der Waals surface area (Å²) >= 11 is 0. The third-order valence-electron chi connectivity index (χ3n) is 2.48. The molecule has 0 fully saturated rings. The summed E-state index contributed by atoms with van der Waals surface area (Å²) in [5.41, 5.74) is 8.69. The van der Waals surface area contributed by atoms with Crippen LogP contribution in [0.5, 0.6) is 0 Å². The number of H-pyrrole nitrogens is 1. The fourth-order valence-electron chi connectivity index (χ4n) is 1.51. The maximum absolute atomic E-state index is 11.9. The Morgan fingerprint density at radius 1 is 1.35 bits per heavy atom. The zero-order valence-electron chi connectivity index (χ0n) is 9.74. The molecule has 88 valence electrons. The highest BCUT2D eigenvalue weighted by atomic mass is 16.1. The Kier molecular flexibility index (Phi) is 2.82. The average Bonchev–Trinajstić information content (AvgIpc) is 2.70. The van der Waals surface area contributed by atoms with E-state index in [4.69, 9.17) is 5.73 Å². The third kappa shape index (κ3) is 2.44. The molecule has 5 heteroatoms. The number of aromatic nitrogens is 2. The van der Waals surface area contributed by atoms with Gasteiger partial charge in [-0.1, -0.05) is 12.1 Å². The Labute approximate surface area is 99.0 Å². The molecule has 17 heavy (non-hydrogen) atoms. The number of amides is 1. The molecule has 0 atom stereocenters. The highest BCUT2D eigenvalue weighted by molar-refractivity contribution is 6.03. The molecule has 4 N–H and O–H groups in total. The van der Waals surface area contributed by atoms with E-state index in [-0.39, 0.29) is 5.91 Å². The molecular formula is C12H14N4O. The Morgan fingerprint density at radius 3 is 2.76 bits per heavy atom. The number of aromatic amines is 1. The molecule has 5 nitrogen and oxygen atoms in total. The first kappa shape index (κ1) is 11.2. The number of nitrogens with zero attached hydrogens (tertiary/aromatic N) is 1. The minimum Gasteiger partial charge on any atom is -0.382 e. The molecule has 1 aromatic heterocycles. The lowest BCUT2D eigenvalue weighted by atomic mass is 10.1. The van der Waals surface area contributed by atoms with Gasteiger partial charge in [-0.25, -0.2) is 0 Å². The van der Waals surface area contributed by atoms with Gasteiger partial charge in [0.1, 0.15) is 11.5 Å². The fourth-order valence-corrected chi connectivity index (χ4v) is 1.51. The molecule has 1 heterocycles. The molecule has 0 aliphatic rings. The second-order valence-electron chi connectivity index (χ2n) is 3.98. The number of benzene rings is 1. The molecule has 2 aromatic rings. The van der Waals surface area contributed by atoms with E-state index >= 15 is 0 Å². The van der Waals surface area contributed by atoms with Crippen LogP contribution in [0.2, 0.25) is 0 Å². The second kappa shape index (κ2) is 4.29. The highest BCUT2D eigenvalue weighted by Gasteiger charge is 2.10. The van der Waals surface area contributed by atoms with Gasteiger partial charge >= 0.3 is 0 Å². The summed E-state index contributed by atoms with van der Waals surface area (Å²) in [6.07, 6.45) is 0. The first-order valence-corrected chi connectivity index (χ1v) is 5.26. The van der Waals surface area contributed by atoms with Crippen molar-refractivity contribution in [3.63, 3.8) is 0 Å². The zero-order chi connectivity index (χ0) is 12.4. The summed E-state index contributed by atoms with van der Waals surface area (Å²) in [6, 6.07) is 7.39. The van der Waals surface area contributed by atoms with Crippen LogP contribution in [0.4, 0.5) is 11.5 Å². The van der Waals surface area contributed by atoms with Crippen LogP contribution >= 0.6 is 0 Å². The van der Waals surface area contributed by atoms with Crippen LogP contribution < -0.4 is 11.1 Å². The van der Waals surface area contributed by atoms with Gasteiger partial charge in [0.05, 0.1) is 0 Å². The minimum absolute atomic E-state index is 0.247. The van der Waals surface area contributed by atoms with E-state index in [2.05, 4.69) is 15.5 Å². The van der Waals surface area contributed by atoms with Gasteiger partial charge in [0.15, 0.2) is 0 Å². The molecule has 0 saturated carbocycles. The summed E-state index contributed by atoms with van der Waals surface area (Å²) in [5, 5.41) is 9.10. The highest BCUT2D eigenvalue weighted by Crippen LogP contribution is 2.17. The summed E-state index contributed by atoms with van der Waals surface area (Å²) in [7, 11) is 0. The van der Waals surface area contributed by atoms with Crippen LogP contribution in [-0.2, 0) is 0 Å². The molecule has 2 rings (SSSR count). The number of nitrogens with one attached hydrogen (secondary N) is 2. The SMILES string of the molecule is Cc1ccc(C)c(NC(=O)c2cc(N)n[nH]2)c1. The van der Waals surface area contributed by atoms with Crippen molar-refractivity contribution in [3.05, 3.63) is 41.1 Å². The van der Waals surface area contributed by atoms with Crippen molar-refractivity contribution in [2.75, 3.05) is 11.1 Å². The van der Waals surface area contributed by atoms with Crippen molar-refractivity contribution < 1.29 is 4.79 Å². The average molecular weight is 230 g/mol. The van der Waals surface area contributed by atoms with Crippen LogP contribution in [-0.4, -0.2) is 16.1 Å². The summed E-state index contributed by atoms with van der Waals surface area (Å²) in [4.78, 5) is 11.9. The van der Waals surface area contributed by atoms with Crippen LogP contribution in [0.1, 0.15) is 21.6 Å². The molecule has 0 bridgehead atoms. The predicted molar refractivity (Wildman–Crippen MR) is 66.9 cm³/mol. The number of nitrogen functional groups attached to an aromatic ring is 1. The predicted octanol–water partition coefficient (Wildman–Crippen LogP) is 1.86. The maximum Gasteiger partial charge on any atom is 0.273 e. The van der Waals surface area contributed by atoms with Gasteiger partial charge in [-0.2, -0.15) is 5.10 Å². The number of anilines is 2. The minimum atomic E-state index is -0.247. The molecule has 0 aliphatic carbocycles. The third-order valence-corrected chi connectivity index (χ3v) is 2.48. The lowest BCUT2D eigenvalue weighted by molar-refractivity contribution is 0.102. The fraction of sp³-hybridized carbons (Fsp3) is 0.167. The van der Waals surface area contributed by atoms with Gasteiger partial charge in [0.2, 0.25) is 0 Å². The van der Waals surface area contributed by atoms with Crippen LogP contribution in [0.3, 0.4) is 0 Å². The van der Waals surface area contributed by atoms with Crippen LogP contribution in [0.25, 0.3) is 0 Å². The van der Waals surface area contributed by atoms with Crippen molar-refractivity contribution >= 4 is 17.4 Å². The van der Waals surface area contributed by atoms with E-state index in [0.29, 0.717) is 11.5 Å². The number of rotatable bonds is 2. The number of nitrogens with two attached hydrogens (primary N) is 1. The molecule has 1 amide bonds. The number of hydrogen-bond donors (Lipinski definition) is 3. The second-order valence-corrected chi connectivity index (χ2v) is 3.98. The molecule has 0 aliphatic heterocycles. The van der Waals surface area contributed by atoms with E-state index in [0.717, 1.165) is 16.8 Å². The first-order valence-electron chi connectivity index (χ1n) is 5.26. The summed E-state index contributed by atoms with van der Waals surface area (Å²) in [6.45, 7) is 3.92. The first-order chi connectivity index (χ1) is 8.06. The van der Waals surface area contributed by atoms with E-state index in [9.17, 15) is 4.79 Å². The van der Waals surface area contributed by atoms with Crippen LogP contribution in [0.15, 0.2) is 24.3 Å². The van der Waals surface area contributed by atoms with E-state index < -0.39 is 0 Å². The van der Waals surface area contributed by atoms with Gasteiger partial charge < -0.3 is 11.1 Å². The summed E-state index contributed by atoms with van der Waals surface area (Å²) < 4.78 is 0. The van der Waals surface area contributed by atoms with Gasteiger partial charge in [0, 0.05) is 11.8 Å². The number of aryl methyl sites for hydroxylation is 2. The van der Waals surface area contributed by atoms with Crippen molar-refractivity contribution in [3.8, 4) is 0 Å². The number of hydrogen-bond acceptors (Lipinski definition) is 3. The summed E-state index contributed by atoms with van der Waals surface area (Å²) in [5.74, 6) is 0.0546. The van der Waals surface area contributed by atoms with Gasteiger partial charge in [-0.05, 0) is 31.0 Å². The molecule has 0 spiro atoms. The monoisotopic (exact) mass is 230 g/mol. The Balaban J connectivity index is 2.21. The molecule has 0 saturated heterocycles. The van der Waals surface area contributed by atoms with Crippen molar-refractivity contribution in [2.24, 2.45) is 0 Å².